The molecule has 0 unspecified atom stereocenters. The topological polar surface area (TPSA) is 35.5 Å². The summed E-state index contributed by atoms with van der Waals surface area (Å²) in [4.78, 5) is 11.8. The molecule has 0 saturated carbocycles. The Hall–Kier alpha value is -1.56. The molecule has 1 aromatic rings. The maximum absolute atomic E-state index is 11.9. The standard InChI is InChI=1S/C15H17F3O3/c16-15(17,18)10-20-8-3-9-21-14-7-2-4-11-12(14)5-1-6-13(11)19/h2,4,7H,1,3,5-6,8-10H2. The molecule has 116 valence electrons. The zero-order valence-corrected chi connectivity index (χ0v) is 11.5. The summed E-state index contributed by atoms with van der Waals surface area (Å²) in [7, 11) is 0. The zero-order valence-electron chi connectivity index (χ0n) is 11.5. The van der Waals surface area contributed by atoms with Crippen LogP contribution in [0.15, 0.2) is 18.2 Å². The fourth-order valence-corrected chi connectivity index (χ4v) is 2.31. The highest BCUT2D eigenvalue weighted by Gasteiger charge is 2.27. The maximum Gasteiger partial charge on any atom is 0.411 e. The quantitative estimate of drug-likeness (QED) is 0.754. The highest BCUT2D eigenvalue weighted by atomic mass is 19.4. The third-order valence-corrected chi connectivity index (χ3v) is 3.22. The van der Waals surface area contributed by atoms with Crippen LogP contribution in [0.1, 0.15) is 35.2 Å². The number of ether oxygens (including phenoxy) is 2. The van der Waals surface area contributed by atoms with E-state index < -0.39 is 12.8 Å². The number of carbonyl (C=O) groups excluding carboxylic acids is 1. The summed E-state index contributed by atoms with van der Waals surface area (Å²) in [5.74, 6) is 0.770. The Bertz CT molecular complexity index is 497. The van der Waals surface area contributed by atoms with E-state index in [1.165, 1.54) is 0 Å². The van der Waals surface area contributed by atoms with Crippen LogP contribution < -0.4 is 4.74 Å². The van der Waals surface area contributed by atoms with E-state index in [0.29, 0.717) is 24.2 Å². The van der Waals surface area contributed by atoms with Gasteiger partial charge in [0.1, 0.15) is 12.4 Å². The molecular weight excluding hydrogens is 285 g/mol. The van der Waals surface area contributed by atoms with Crippen molar-refractivity contribution in [1.29, 1.82) is 0 Å². The molecule has 0 fully saturated rings. The first-order chi connectivity index (χ1) is 9.97. The van der Waals surface area contributed by atoms with Crippen LogP contribution in [-0.4, -0.2) is 31.8 Å². The summed E-state index contributed by atoms with van der Waals surface area (Å²) in [6, 6.07) is 5.33. The van der Waals surface area contributed by atoms with Crippen molar-refractivity contribution in [3.8, 4) is 5.75 Å². The van der Waals surface area contributed by atoms with Crippen molar-refractivity contribution in [1.82, 2.24) is 0 Å². The third kappa shape index (κ3) is 4.74. The molecule has 0 heterocycles. The van der Waals surface area contributed by atoms with Crippen LogP contribution in [0.4, 0.5) is 13.2 Å². The van der Waals surface area contributed by atoms with Gasteiger partial charge in [0.2, 0.25) is 0 Å². The molecule has 2 rings (SSSR count). The van der Waals surface area contributed by atoms with E-state index >= 15 is 0 Å². The second-order valence-electron chi connectivity index (χ2n) is 4.93. The number of hydrogen-bond donors (Lipinski definition) is 0. The largest absolute Gasteiger partial charge is 0.493 e. The molecule has 6 heteroatoms. The Morgan fingerprint density at radius 2 is 1.95 bits per heavy atom. The van der Waals surface area contributed by atoms with Crippen LogP contribution in [0.25, 0.3) is 0 Å². The predicted molar refractivity (Wildman–Crippen MR) is 70.7 cm³/mol. The third-order valence-electron chi connectivity index (χ3n) is 3.22. The van der Waals surface area contributed by atoms with Crippen LogP contribution >= 0.6 is 0 Å². The molecule has 1 aliphatic carbocycles. The first kappa shape index (κ1) is 15.8. The Morgan fingerprint density at radius 3 is 2.71 bits per heavy atom. The van der Waals surface area contributed by atoms with Crippen LogP contribution in [-0.2, 0) is 11.2 Å². The van der Waals surface area contributed by atoms with E-state index in [-0.39, 0.29) is 19.0 Å². The normalized spacial score (nSPS) is 14.9. The van der Waals surface area contributed by atoms with Gasteiger partial charge in [0.25, 0.3) is 0 Å². The van der Waals surface area contributed by atoms with Gasteiger partial charge in [-0.1, -0.05) is 12.1 Å². The van der Waals surface area contributed by atoms with Gasteiger partial charge in [0, 0.05) is 24.0 Å². The number of hydrogen-bond acceptors (Lipinski definition) is 3. The fourth-order valence-electron chi connectivity index (χ4n) is 2.31. The highest BCUT2D eigenvalue weighted by Crippen LogP contribution is 2.29. The average molecular weight is 302 g/mol. The molecule has 3 nitrogen and oxygen atoms in total. The Morgan fingerprint density at radius 1 is 1.14 bits per heavy atom. The van der Waals surface area contributed by atoms with Gasteiger partial charge in [-0.3, -0.25) is 4.79 Å². The van der Waals surface area contributed by atoms with Crippen LogP contribution in [0, 0.1) is 0 Å². The van der Waals surface area contributed by atoms with Crippen molar-refractivity contribution in [3.63, 3.8) is 0 Å². The lowest BCUT2D eigenvalue weighted by molar-refractivity contribution is -0.174. The van der Waals surface area contributed by atoms with Gasteiger partial charge < -0.3 is 9.47 Å². The van der Waals surface area contributed by atoms with E-state index in [0.717, 1.165) is 18.4 Å². The lowest BCUT2D eigenvalue weighted by Crippen LogP contribution is -2.18. The molecular formula is C15H17F3O3. The monoisotopic (exact) mass is 302 g/mol. The molecule has 0 saturated heterocycles. The molecule has 0 aliphatic heterocycles. The van der Waals surface area contributed by atoms with Crippen molar-refractivity contribution in [2.75, 3.05) is 19.8 Å². The minimum absolute atomic E-state index is 0.00648. The summed E-state index contributed by atoms with van der Waals surface area (Å²) < 4.78 is 45.7. The molecule has 0 amide bonds. The van der Waals surface area contributed by atoms with Gasteiger partial charge >= 0.3 is 6.18 Å². The average Bonchev–Trinajstić information content (AvgIpc) is 2.42. The van der Waals surface area contributed by atoms with Gasteiger partial charge in [-0.25, -0.2) is 0 Å². The molecule has 0 aromatic heterocycles. The highest BCUT2D eigenvalue weighted by molar-refractivity contribution is 5.99. The van der Waals surface area contributed by atoms with E-state index in [2.05, 4.69) is 4.74 Å². The second-order valence-corrected chi connectivity index (χ2v) is 4.93. The fraction of sp³-hybridized carbons (Fsp3) is 0.533. The molecule has 1 aromatic carbocycles. The summed E-state index contributed by atoms with van der Waals surface area (Å²) in [5.41, 5.74) is 1.61. The Balaban J connectivity index is 1.79. The van der Waals surface area contributed by atoms with E-state index in [1.54, 1.807) is 18.2 Å². The summed E-state index contributed by atoms with van der Waals surface area (Å²) in [6.45, 7) is -0.974. The number of halogens is 3. The SMILES string of the molecule is O=C1CCCc2c(OCCCOCC(F)(F)F)cccc21. The van der Waals surface area contributed by atoms with Crippen molar-refractivity contribution < 1.29 is 27.4 Å². The molecule has 0 radical (unpaired) electrons. The minimum atomic E-state index is -4.29. The lowest BCUT2D eigenvalue weighted by Gasteiger charge is -2.18. The van der Waals surface area contributed by atoms with Crippen molar-refractivity contribution in [2.24, 2.45) is 0 Å². The van der Waals surface area contributed by atoms with Gasteiger partial charge in [-0.2, -0.15) is 13.2 Å². The smallest absolute Gasteiger partial charge is 0.411 e. The summed E-state index contributed by atoms with van der Waals surface area (Å²) >= 11 is 0. The van der Waals surface area contributed by atoms with Crippen molar-refractivity contribution >= 4 is 5.78 Å². The van der Waals surface area contributed by atoms with Crippen LogP contribution in [0.2, 0.25) is 0 Å². The molecule has 1 aliphatic rings. The van der Waals surface area contributed by atoms with Gasteiger partial charge in [-0.05, 0) is 18.9 Å². The Labute approximate surface area is 121 Å². The number of alkyl halides is 3. The number of benzene rings is 1. The minimum Gasteiger partial charge on any atom is -0.493 e. The Kier molecular flexibility index (Phi) is 5.22. The molecule has 21 heavy (non-hydrogen) atoms. The number of fused-ring (bicyclic) bond motifs is 1. The van der Waals surface area contributed by atoms with Crippen molar-refractivity contribution in [3.05, 3.63) is 29.3 Å². The number of ketones is 1. The molecule has 0 bridgehead atoms. The van der Waals surface area contributed by atoms with E-state index in [9.17, 15) is 18.0 Å². The van der Waals surface area contributed by atoms with E-state index in [4.69, 9.17) is 4.74 Å². The number of rotatable bonds is 6. The second kappa shape index (κ2) is 6.93. The van der Waals surface area contributed by atoms with Gasteiger partial charge in [0.15, 0.2) is 5.78 Å². The summed E-state index contributed by atoms with van der Waals surface area (Å²) in [5, 5.41) is 0. The molecule has 0 atom stereocenters. The van der Waals surface area contributed by atoms with E-state index in [1.807, 2.05) is 0 Å². The van der Waals surface area contributed by atoms with Crippen molar-refractivity contribution in [2.45, 2.75) is 31.9 Å². The first-order valence-electron chi connectivity index (χ1n) is 6.90. The van der Waals surface area contributed by atoms with Crippen LogP contribution in [0.3, 0.4) is 0 Å². The van der Waals surface area contributed by atoms with Gasteiger partial charge in [0.05, 0.1) is 13.2 Å². The predicted octanol–water partition coefficient (Wildman–Crippen LogP) is 3.55. The maximum atomic E-state index is 11.9. The lowest BCUT2D eigenvalue weighted by atomic mass is 9.90. The molecule has 0 N–H and O–H groups in total. The molecule has 0 spiro atoms. The number of Topliss-reactive ketones (excluding diaryl/α,β-unsaturated/α-hetero) is 1. The van der Waals surface area contributed by atoms with Crippen LogP contribution in [0.5, 0.6) is 5.75 Å². The zero-order chi connectivity index (χ0) is 15.3. The summed E-state index contributed by atoms with van der Waals surface area (Å²) in [6.07, 6.45) is -1.77. The number of carbonyl (C=O) groups is 1. The van der Waals surface area contributed by atoms with Gasteiger partial charge in [-0.15, -0.1) is 0 Å². The first-order valence-corrected chi connectivity index (χ1v) is 6.90.